The Morgan fingerprint density at radius 1 is 1.09 bits per heavy atom. The van der Waals surface area contributed by atoms with Gasteiger partial charge in [0.05, 0.1) is 18.8 Å². The SMILES string of the molecule is CC1(C)C2CCC1(C)C1OB(c3ccc(Cn4cc(F)c(=O)[nH]c4=O)cc3)OC21c1ccccc1. The Bertz CT molecular complexity index is 1400. The molecule has 2 aromatic carbocycles. The summed E-state index contributed by atoms with van der Waals surface area (Å²) in [5, 5.41) is 0. The zero-order chi connectivity index (χ0) is 24.6. The van der Waals surface area contributed by atoms with E-state index in [-0.39, 0.29) is 23.5 Å². The van der Waals surface area contributed by atoms with Crippen molar-refractivity contribution >= 4 is 12.6 Å². The van der Waals surface area contributed by atoms with Crippen LogP contribution in [-0.4, -0.2) is 22.8 Å². The molecule has 2 bridgehead atoms. The molecule has 2 saturated carbocycles. The monoisotopic (exact) mass is 474 g/mol. The molecule has 0 amide bonds. The minimum atomic E-state index is -1.01. The molecule has 2 heterocycles. The van der Waals surface area contributed by atoms with Crippen LogP contribution >= 0.6 is 0 Å². The molecular weight excluding hydrogens is 446 g/mol. The van der Waals surface area contributed by atoms with E-state index in [0.717, 1.165) is 34.6 Å². The lowest BCUT2D eigenvalue weighted by Crippen LogP contribution is -2.45. The molecule has 6 rings (SSSR count). The molecule has 0 spiro atoms. The fourth-order valence-corrected chi connectivity index (χ4v) is 6.97. The molecule has 4 atom stereocenters. The quantitative estimate of drug-likeness (QED) is 0.590. The van der Waals surface area contributed by atoms with Crippen molar-refractivity contribution in [3.63, 3.8) is 0 Å². The van der Waals surface area contributed by atoms with E-state index in [4.69, 9.17) is 9.31 Å². The van der Waals surface area contributed by atoms with Crippen LogP contribution in [-0.2, 0) is 21.5 Å². The van der Waals surface area contributed by atoms with Crippen molar-refractivity contribution in [2.75, 3.05) is 0 Å². The van der Waals surface area contributed by atoms with E-state index in [0.29, 0.717) is 5.92 Å². The third-order valence-electron chi connectivity index (χ3n) is 9.14. The Morgan fingerprint density at radius 3 is 2.51 bits per heavy atom. The number of hydrogen-bond acceptors (Lipinski definition) is 4. The predicted octanol–water partition coefficient (Wildman–Crippen LogP) is 3.19. The summed E-state index contributed by atoms with van der Waals surface area (Å²) >= 11 is 0. The second-order valence-electron chi connectivity index (χ2n) is 11.0. The third kappa shape index (κ3) is 3.02. The number of nitrogens with zero attached hydrogens (tertiary/aromatic N) is 1. The van der Waals surface area contributed by atoms with Gasteiger partial charge < -0.3 is 9.31 Å². The van der Waals surface area contributed by atoms with Gasteiger partial charge in [0.15, 0.2) is 0 Å². The number of rotatable bonds is 4. The van der Waals surface area contributed by atoms with E-state index in [1.54, 1.807) is 0 Å². The minimum absolute atomic E-state index is 0.00232. The maximum absolute atomic E-state index is 13.6. The van der Waals surface area contributed by atoms with Crippen LogP contribution in [0.25, 0.3) is 0 Å². The fourth-order valence-electron chi connectivity index (χ4n) is 6.97. The maximum atomic E-state index is 13.6. The summed E-state index contributed by atoms with van der Waals surface area (Å²) < 4.78 is 28.4. The molecule has 3 aromatic rings. The third-order valence-corrected chi connectivity index (χ3v) is 9.14. The molecule has 1 aliphatic heterocycles. The lowest BCUT2D eigenvalue weighted by molar-refractivity contribution is -0.0369. The molecule has 8 heteroatoms. The molecule has 3 fully saturated rings. The number of aromatic nitrogens is 2. The van der Waals surface area contributed by atoms with Gasteiger partial charge in [-0.15, -0.1) is 0 Å². The number of fused-ring (bicyclic) bond motifs is 5. The van der Waals surface area contributed by atoms with E-state index in [1.807, 2.05) is 35.3 Å². The summed E-state index contributed by atoms with van der Waals surface area (Å²) in [7, 11) is -0.501. The maximum Gasteiger partial charge on any atom is 0.494 e. The topological polar surface area (TPSA) is 73.3 Å². The van der Waals surface area contributed by atoms with E-state index < -0.39 is 29.8 Å². The molecule has 35 heavy (non-hydrogen) atoms. The Balaban J connectivity index is 1.32. The summed E-state index contributed by atoms with van der Waals surface area (Å²) in [5.41, 5.74) is 0.796. The van der Waals surface area contributed by atoms with E-state index in [1.165, 1.54) is 5.56 Å². The highest BCUT2D eigenvalue weighted by Gasteiger charge is 2.77. The number of H-pyrrole nitrogens is 1. The van der Waals surface area contributed by atoms with Crippen LogP contribution in [0, 0.1) is 22.6 Å². The van der Waals surface area contributed by atoms with Crippen molar-refractivity contribution < 1.29 is 13.7 Å². The Labute approximate surface area is 203 Å². The van der Waals surface area contributed by atoms with Gasteiger partial charge in [-0.3, -0.25) is 14.3 Å². The van der Waals surface area contributed by atoms with Crippen molar-refractivity contribution in [2.24, 2.45) is 16.7 Å². The van der Waals surface area contributed by atoms with Crippen LogP contribution in [0.4, 0.5) is 4.39 Å². The van der Waals surface area contributed by atoms with Crippen molar-refractivity contribution in [1.29, 1.82) is 0 Å². The highest BCUT2D eigenvalue weighted by molar-refractivity contribution is 6.62. The second-order valence-corrected chi connectivity index (χ2v) is 11.0. The van der Waals surface area contributed by atoms with Crippen molar-refractivity contribution in [1.82, 2.24) is 9.55 Å². The largest absolute Gasteiger partial charge is 0.494 e. The number of hydrogen-bond donors (Lipinski definition) is 1. The summed E-state index contributed by atoms with van der Waals surface area (Å²) in [5.74, 6) is -0.642. The van der Waals surface area contributed by atoms with Crippen molar-refractivity contribution in [2.45, 2.75) is 51.9 Å². The molecule has 180 valence electrons. The van der Waals surface area contributed by atoms with Gasteiger partial charge in [0.2, 0.25) is 5.82 Å². The summed E-state index contributed by atoms with van der Waals surface area (Å²) in [4.78, 5) is 25.3. The summed E-state index contributed by atoms with van der Waals surface area (Å²) in [6.07, 6.45) is 3.09. The van der Waals surface area contributed by atoms with Crippen LogP contribution in [0.2, 0.25) is 0 Å². The van der Waals surface area contributed by atoms with Crippen LogP contribution < -0.4 is 16.7 Å². The Morgan fingerprint density at radius 2 is 1.80 bits per heavy atom. The first kappa shape index (κ1) is 22.5. The molecule has 1 N–H and O–H groups in total. The molecule has 3 aliphatic rings. The molecule has 4 unspecified atom stereocenters. The average Bonchev–Trinajstić information content (AvgIpc) is 3.40. The predicted molar refractivity (Wildman–Crippen MR) is 131 cm³/mol. The Hall–Kier alpha value is -2.97. The highest BCUT2D eigenvalue weighted by atomic mass is 19.1. The van der Waals surface area contributed by atoms with E-state index in [2.05, 4.69) is 45.0 Å². The van der Waals surface area contributed by atoms with Crippen molar-refractivity contribution in [3.05, 3.63) is 98.6 Å². The number of benzene rings is 2. The first-order valence-corrected chi connectivity index (χ1v) is 12.1. The molecule has 2 aliphatic carbocycles. The van der Waals surface area contributed by atoms with Crippen LogP contribution in [0.5, 0.6) is 0 Å². The molecule has 0 radical (unpaired) electrons. The number of halogens is 1. The second kappa shape index (κ2) is 7.52. The Kier molecular flexibility index (Phi) is 4.83. The van der Waals surface area contributed by atoms with Gasteiger partial charge in [-0.05, 0) is 40.8 Å². The van der Waals surface area contributed by atoms with Crippen molar-refractivity contribution in [3.8, 4) is 0 Å². The highest BCUT2D eigenvalue weighted by Crippen LogP contribution is 2.75. The summed E-state index contributed by atoms with van der Waals surface area (Å²) in [6, 6.07) is 18.1. The number of aromatic amines is 1. The van der Waals surface area contributed by atoms with Gasteiger partial charge in [-0.2, -0.15) is 4.39 Å². The first-order chi connectivity index (χ1) is 16.7. The van der Waals surface area contributed by atoms with E-state index in [9.17, 15) is 14.0 Å². The number of nitrogens with one attached hydrogen (secondary N) is 1. The first-order valence-electron chi connectivity index (χ1n) is 12.1. The molecule has 6 nitrogen and oxygen atoms in total. The van der Waals surface area contributed by atoms with Crippen LogP contribution in [0.15, 0.2) is 70.4 Å². The molecule has 1 aromatic heterocycles. The smallest absolute Gasteiger partial charge is 0.401 e. The van der Waals surface area contributed by atoms with Gasteiger partial charge >= 0.3 is 12.8 Å². The van der Waals surface area contributed by atoms with E-state index >= 15 is 0 Å². The zero-order valence-corrected chi connectivity index (χ0v) is 20.1. The molecule has 1 saturated heterocycles. The normalized spacial score (nSPS) is 30.6. The van der Waals surface area contributed by atoms with Crippen LogP contribution in [0.3, 0.4) is 0 Å². The minimum Gasteiger partial charge on any atom is -0.401 e. The van der Waals surface area contributed by atoms with Gasteiger partial charge in [0.25, 0.3) is 5.56 Å². The van der Waals surface area contributed by atoms with Gasteiger partial charge in [0.1, 0.15) is 5.60 Å². The van der Waals surface area contributed by atoms with Gasteiger partial charge in [-0.1, -0.05) is 75.4 Å². The fraction of sp³-hybridized carbons (Fsp3) is 0.407. The van der Waals surface area contributed by atoms with Gasteiger partial charge in [0, 0.05) is 5.41 Å². The lowest BCUT2D eigenvalue weighted by Gasteiger charge is -2.41. The van der Waals surface area contributed by atoms with Gasteiger partial charge in [-0.25, -0.2) is 4.79 Å². The standard InChI is InChI=1S/C27H28BFN2O4/c1-25(2)21-13-14-26(25,3)23-27(21,18-7-5-4-6-8-18)35-28(34-23)19-11-9-17(10-12-19)15-31-16-20(29)22(32)30-24(31)33/h4-12,16,21,23H,13-15H2,1-3H3,(H,30,32,33). The summed E-state index contributed by atoms with van der Waals surface area (Å²) in [6.45, 7) is 7.19. The lowest BCUT2D eigenvalue weighted by atomic mass is 9.69. The zero-order valence-electron chi connectivity index (χ0n) is 20.1. The molecular formula is C27H28BFN2O4. The van der Waals surface area contributed by atoms with Crippen LogP contribution in [0.1, 0.15) is 44.7 Å². The average molecular weight is 474 g/mol.